The van der Waals surface area contributed by atoms with Crippen molar-refractivity contribution >= 4 is 11.6 Å². The third-order valence-electron chi connectivity index (χ3n) is 6.04. The quantitative estimate of drug-likeness (QED) is 0.811. The molecule has 3 heterocycles. The van der Waals surface area contributed by atoms with Gasteiger partial charge in [0.2, 0.25) is 5.91 Å². The third-order valence-corrected chi connectivity index (χ3v) is 6.04. The smallest absolute Gasteiger partial charge is 0.223 e. The molecule has 1 atom stereocenters. The summed E-state index contributed by atoms with van der Waals surface area (Å²) in [6, 6.07) is 2.13. The lowest BCUT2D eigenvalue weighted by Gasteiger charge is -2.28. The lowest BCUT2D eigenvalue weighted by atomic mass is 10.0. The van der Waals surface area contributed by atoms with Crippen molar-refractivity contribution in [2.24, 2.45) is 5.92 Å². The number of likely N-dealkylation sites (tertiary alicyclic amines) is 1. The van der Waals surface area contributed by atoms with Crippen molar-refractivity contribution in [3.8, 4) is 0 Å². The molecule has 0 radical (unpaired) electrons. The molecule has 2 fully saturated rings. The van der Waals surface area contributed by atoms with E-state index in [1.165, 1.54) is 31.2 Å². The number of fused-ring (bicyclic) bond motifs is 1. The van der Waals surface area contributed by atoms with Crippen LogP contribution in [0.5, 0.6) is 0 Å². The van der Waals surface area contributed by atoms with Gasteiger partial charge in [0.25, 0.3) is 0 Å². The molecule has 4 rings (SSSR count). The van der Waals surface area contributed by atoms with Crippen LogP contribution in [0.3, 0.4) is 0 Å². The Balaban J connectivity index is 1.69. The van der Waals surface area contributed by atoms with Crippen LogP contribution in [0.2, 0.25) is 0 Å². The number of nitrogens with zero attached hydrogens (tertiary/aromatic N) is 5. The van der Waals surface area contributed by atoms with Crippen molar-refractivity contribution in [2.45, 2.75) is 64.5 Å². The molecule has 0 spiro atoms. The minimum Gasteiger partial charge on any atom is -0.334 e. The molecule has 1 saturated carbocycles. The number of carbonyl (C=O) groups excluding carboxylic acids is 1. The van der Waals surface area contributed by atoms with Gasteiger partial charge in [-0.2, -0.15) is 5.10 Å². The second-order valence-electron chi connectivity index (χ2n) is 8.56. The summed E-state index contributed by atoms with van der Waals surface area (Å²) in [7, 11) is 4.14. The molecule has 2 aliphatic rings. The van der Waals surface area contributed by atoms with Gasteiger partial charge in [-0.25, -0.2) is 9.50 Å². The van der Waals surface area contributed by atoms with Gasteiger partial charge in [-0.3, -0.25) is 4.79 Å². The molecule has 6 nitrogen and oxygen atoms in total. The molecule has 1 saturated heterocycles. The summed E-state index contributed by atoms with van der Waals surface area (Å²) in [4.78, 5) is 22.0. The molecule has 1 amide bonds. The van der Waals surface area contributed by atoms with Crippen molar-refractivity contribution < 1.29 is 4.79 Å². The lowest BCUT2D eigenvalue weighted by molar-refractivity contribution is -0.133. The second kappa shape index (κ2) is 7.58. The molecule has 6 heteroatoms. The van der Waals surface area contributed by atoms with E-state index in [0.29, 0.717) is 18.2 Å². The molecule has 0 bridgehead atoms. The van der Waals surface area contributed by atoms with E-state index in [1.807, 2.05) is 23.7 Å². The predicted molar refractivity (Wildman–Crippen MR) is 105 cm³/mol. The Labute approximate surface area is 161 Å². The number of rotatable bonds is 5. The molecule has 2 aromatic rings. The maximum absolute atomic E-state index is 13.1. The van der Waals surface area contributed by atoms with Gasteiger partial charge in [0.15, 0.2) is 5.65 Å². The van der Waals surface area contributed by atoms with Crippen molar-refractivity contribution in [1.82, 2.24) is 24.4 Å². The standard InChI is InChI=1S/C21H31N5O/c1-15-11-19-22-13-17(14-24(2)3)21(26(19)23-15)18-9-6-10-25(18)20(27)12-16-7-4-5-8-16/h11,13,16,18H,4-10,12,14H2,1-3H3. The highest BCUT2D eigenvalue weighted by Gasteiger charge is 2.34. The van der Waals surface area contributed by atoms with Gasteiger partial charge in [0.1, 0.15) is 0 Å². The Bertz CT molecular complexity index is 821. The first kappa shape index (κ1) is 18.4. The normalized spacial score (nSPS) is 21.0. The number of aryl methyl sites for hydroxylation is 1. The summed E-state index contributed by atoms with van der Waals surface area (Å²) >= 11 is 0. The average molecular weight is 370 g/mol. The van der Waals surface area contributed by atoms with Crippen LogP contribution in [-0.4, -0.2) is 50.9 Å². The maximum atomic E-state index is 13.1. The SMILES string of the molecule is Cc1cc2ncc(CN(C)C)c(C3CCCN3C(=O)CC3CCCC3)n2n1. The van der Waals surface area contributed by atoms with E-state index in [2.05, 4.69) is 28.9 Å². The molecule has 0 aromatic carbocycles. The number of amides is 1. The van der Waals surface area contributed by atoms with E-state index in [4.69, 9.17) is 5.10 Å². The second-order valence-corrected chi connectivity index (χ2v) is 8.56. The monoisotopic (exact) mass is 369 g/mol. The lowest BCUT2D eigenvalue weighted by Crippen LogP contribution is -2.33. The fraction of sp³-hybridized carbons (Fsp3) is 0.667. The summed E-state index contributed by atoms with van der Waals surface area (Å²) in [5.41, 5.74) is 4.16. The Morgan fingerprint density at radius 3 is 2.74 bits per heavy atom. The van der Waals surface area contributed by atoms with Crippen molar-refractivity contribution in [1.29, 1.82) is 0 Å². The van der Waals surface area contributed by atoms with Crippen molar-refractivity contribution in [3.05, 3.63) is 29.2 Å². The van der Waals surface area contributed by atoms with Crippen LogP contribution < -0.4 is 0 Å². The van der Waals surface area contributed by atoms with Crippen LogP contribution in [0, 0.1) is 12.8 Å². The molecule has 0 N–H and O–H groups in total. The zero-order valence-electron chi connectivity index (χ0n) is 16.8. The van der Waals surface area contributed by atoms with Crippen LogP contribution in [0.25, 0.3) is 5.65 Å². The van der Waals surface area contributed by atoms with Gasteiger partial charge in [-0.15, -0.1) is 0 Å². The molecule has 1 aliphatic carbocycles. The molecular formula is C21H31N5O. The third kappa shape index (κ3) is 3.72. The van der Waals surface area contributed by atoms with E-state index in [9.17, 15) is 4.79 Å². The Morgan fingerprint density at radius 1 is 1.22 bits per heavy atom. The minimum absolute atomic E-state index is 0.110. The molecule has 2 aromatic heterocycles. The van der Waals surface area contributed by atoms with Crippen LogP contribution >= 0.6 is 0 Å². The molecule has 1 unspecified atom stereocenters. The number of aromatic nitrogens is 3. The van der Waals surface area contributed by atoms with Gasteiger partial charge in [-0.05, 0) is 52.6 Å². The molecule has 27 heavy (non-hydrogen) atoms. The Hall–Kier alpha value is -1.95. The Morgan fingerprint density at radius 2 is 2.00 bits per heavy atom. The van der Waals surface area contributed by atoms with E-state index in [1.54, 1.807) is 0 Å². The fourth-order valence-electron chi connectivity index (χ4n) is 4.85. The number of hydrogen-bond donors (Lipinski definition) is 0. The van der Waals surface area contributed by atoms with Gasteiger partial charge in [-0.1, -0.05) is 12.8 Å². The fourth-order valence-corrected chi connectivity index (χ4v) is 4.85. The van der Waals surface area contributed by atoms with Gasteiger partial charge in [0, 0.05) is 37.3 Å². The summed E-state index contributed by atoms with van der Waals surface area (Å²) < 4.78 is 1.99. The average Bonchev–Trinajstić information content (AvgIpc) is 3.33. The topological polar surface area (TPSA) is 53.7 Å². The van der Waals surface area contributed by atoms with Gasteiger partial charge >= 0.3 is 0 Å². The largest absolute Gasteiger partial charge is 0.334 e. The first-order chi connectivity index (χ1) is 13.0. The highest BCUT2D eigenvalue weighted by Crippen LogP contribution is 2.36. The Kier molecular flexibility index (Phi) is 5.17. The van der Waals surface area contributed by atoms with Crippen LogP contribution in [0.4, 0.5) is 0 Å². The molecular weight excluding hydrogens is 338 g/mol. The maximum Gasteiger partial charge on any atom is 0.223 e. The summed E-state index contributed by atoms with van der Waals surface area (Å²) in [5.74, 6) is 0.915. The molecule has 1 aliphatic heterocycles. The van der Waals surface area contributed by atoms with E-state index in [-0.39, 0.29) is 6.04 Å². The van der Waals surface area contributed by atoms with Gasteiger partial charge in [0.05, 0.1) is 17.4 Å². The zero-order chi connectivity index (χ0) is 19.0. The first-order valence-corrected chi connectivity index (χ1v) is 10.3. The van der Waals surface area contributed by atoms with Gasteiger partial charge < -0.3 is 9.80 Å². The predicted octanol–water partition coefficient (Wildman–Crippen LogP) is 3.34. The number of hydrogen-bond acceptors (Lipinski definition) is 4. The summed E-state index contributed by atoms with van der Waals surface area (Å²) in [6.07, 6.45) is 9.76. The van der Waals surface area contributed by atoms with Crippen LogP contribution in [0.1, 0.15) is 67.9 Å². The highest BCUT2D eigenvalue weighted by atomic mass is 16.2. The summed E-state index contributed by atoms with van der Waals surface area (Å²) in [6.45, 7) is 3.67. The van der Waals surface area contributed by atoms with Crippen LogP contribution in [-0.2, 0) is 11.3 Å². The van der Waals surface area contributed by atoms with E-state index in [0.717, 1.165) is 43.0 Å². The van der Waals surface area contributed by atoms with Crippen LogP contribution in [0.15, 0.2) is 12.3 Å². The highest BCUT2D eigenvalue weighted by molar-refractivity contribution is 5.77. The summed E-state index contributed by atoms with van der Waals surface area (Å²) in [5, 5.41) is 4.72. The van der Waals surface area contributed by atoms with E-state index < -0.39 is 0 Å². The first-order valence-electron chi connectivity index (χ1n) is 10.3. The van der Waals surface area contributed by atoms with E-state index >= 15 is 0 Å². The number of carbonyl (C=O) groups is 1. The zero-order valence-corrected chi connectivity index (χ0v) is 16.8. The van der Waals surface area contributed by atoms with Crippen molar-refractivity contribution in [3.63, 3.8) is 0 Å². The minimum atomic E-state index is 0.110. The van der Waals surface area contributed by atoms with Crippen molar-refractivity contribution in [2.75, 3.05) is 20.6 Å². The molecule has 146 valence electrons.